The number of ether oxygens (including phenoxy) is 3. The molecule has 0 aliphatic carbocycles. The van der Waals surface area contributed by atoms with Crippen molar-refractivity contribution in [3.8, 4) is 11.5 Å². The number of nitrogens with zero attached hydrogens (tertiary/aromatic N) is 3. The highest BCUT2D eigenvalue weighted by Crippen LogP contribution is 2.33. The van der Waals surface area contributed by atoms with Gasteiger partial charge in [0.05, 0.1) is 34.0 Å². The van der Waals surface area contributed by atoms with Crippen LogP contribution in [-0.2, 0) is 10.2 Å². The minimum absolute atomic E-state index is 0.118. The SMILES string of the molecule is CCNC(=NCC(C)(C)c1ccc(OC)c(OC)c1)N1CCC(CN2CCOCC2)C1. The normalized spacial score (nSPS) is 20.7. The first-order valence-corrected chi connectivity index (χ1v) is 11.5. The molecule has 7 nitrogen and oxygen atoms in total. The molecule has 2 aliphatic rings. The Morgan fingerprint density at radius 2 is 1.90 bits per heavy atom. The predicted octanol–water partition coefficient (Wildman–Crippen LogP) is 2.60. The van der Waals surface area contributed by atoms with Crippen LogP contribution in [0.1, 0.15) is 32.8 Å². The Morgan fingerprint density at radius 3 is 2.58 bits per heavy atom. The molecule has 174 valence electrons. The van der Waals surface area contributed by atoms with Crippen molar-refractivity contribution in [3.63, 3.8) is 0 Å². The van der Waals surface area contributed by atoms with Crippen molar-refractivity contribution in [2.75, 3.05) is 73.2 Å². The van der Waals surface area contributed by atoms with Gasteiger partial charge in [-0.05, 0) is 37.0 Å². The molecule has 0 aromatic heterocycles. The quantitative estimate of drug-likeness (QED) is 0.503. The number of morpholine rings is 1. The van der Waals surface area contributed by atoms with E-state index in [9.17, 15) is 0 Å². The molecule has 2 fully saturated rings. The number of nitrogens with one attached hydrogen (secondary N) is 1. The summed E-state index contributed by atoms with van der Waals surface area (Å²) in [5.74, 6) is 3.23. The lowest BCUT2D eigenvalue weighted by molar-refractivity contribution is 0.0315. The molecule has 1 aromatic rings. The summed E-state index contributed by atoms with van der Waals surface area (Å²) in [4.78, 5) is 10.0. The van der Waals surface area contributed by atoms with Crippen LogP contribution in [0.15, 0.2) is 23.2 Å². The Hall–Kier alpha value is -1.99. The van der Waals surface area contributed by atoms with Gasteiger partial charge in [0.2, 0.25) is 0 Å². The second kappa shape index (κ2) is 11.0. The molecule has 2 aliphatic heterocycles. The molecule has 31 heavy (non-hydrogen) atoms. The van der Waals surface area contributed by atoms with Gasteiger partial charge in [0.15, 0.2) is 17.5 Å². The molecule has 1 unspecified atom stereocenters. The van der Waals surface area contributed by atoms with E-state index < -0.39 is 0 Å². The van der Waals surface area contributed by atoms with Gasteiger partial charge in [0.25, 0.3) is 0 Å². The van der Waals surface area contributed by atoms with Crippen molar-refractivity contribution >= 4 is 5.96 Å². The summed E-state index contributed by atoms with van der Waals surface area (Å²) in [7, 11) is 3.34. The van der Waals surface area contributed by atoms with E-state index >= 15 is 0 Å². The van der Waals surface area contributed by atoms with Gasteiger partial charge in [0.1, 0.15) is 0 Å². The molecule has 0 amide bonds. The highest BCUT2D eigenvalue weighted by molar-refractivity contribution is 5.80. The van der Waals surface area contributed by atoms with Crippen molar-refractivity contribution in [3.05, 3.63) is 23.8 Å². The van der Waals surface area contributed by atoms with Gasteiger partial charge < -0.3 is 24.4 Å². The van der Waals surface area contributed by atoms with Crippen LogP contribution < -0.4 is 14.8 Å². The number of rotatable bonds is 8. The van der Waals surface area contributed by atoms with Gasteiger partial charge >= 0.3 is 0 Å². The zero-order chi connectivity index (χ0) is 22.3. The molecule has 2 saturated heterocycles. The number of guanidine groups is 1. The fraction of sp³-hybridized carbons (Fsp3) is 0.708. The number of hydrogen-bond acceptors (Lipinski definition) is 5. The van der Waals surface area contributed by atoms with E-state index in [1.165, 1.54) is 12.0 Å². The zero-order valence-electron chi connectivity index (χ0n) is 19.9. The van der Waals surface area contributed by atoms with Crippen LogP contribution in [0.3, 0.4) is 0 Å². The van der Waals surface area contributed by atoms with E-state index in [0.29, 0.717) is 12.5 Å². The Bertz CT molecular complexity index is 732. The highest BCUT2D eigenvalue weighted by atomic mass is 16.5. The van der Waals surface area contributed by atoms with Crippen LogP contribution in [0.5, 0.6) is 11.5 Å². The van der Waals surface area contributed by atoms with Gasteiger partial charge in [0, 0.05) is 44.7 Å². The lowest BCUT2D eigenvalue weighted by Crippen LogP contribution is -2.43. The summed E-state index contributed by atoms with van der Waals surface area (Å²) in [6.45, 7) is 15.3. The summed E-state index contributed by atoms with van der Waals surface area (Å²) < 4.78 is 16.4. The molecule has 0 saturated carbocycles. The topological polar surface area (TPSA) is 58.6 Å². The number of aliphatic imine (C=N–C) groups is 1. The van der Waals surface area contributed by atoms with E-state index in [-0.39, 0.29) is 5.41 Å². The second-order valence-corrected chi connectivity index (χ2v) is 9.14. The maximum Gasteiger partial charge on any atom is 0.193 e. The Kier molecular flexibility index (Phi) is 8.43. The first kappa shape index (κ1) is 23.7. The maximum absolute atomic E-state index is 5.50. The largest absolute Gasteiger partial charge is 0.493 e. The van der Waals surface area contributed by atoms with Gasteiger partial charge in [-0.3, -0.25) is 9.89 Å². The number of likely N-dealkylation sites (tertiary alicyclic amines) is 1. The van der Waals surface area contributed by atoms with E-state index in [2.05, 4.69) is 48.0 Å². The monoisotopic (exact) mass is 432 g/mol. The third-order valence-corrected chi connectivity index (χ3v) is 6.33. The molecule has 7 heteroatoms. The van der Waals surface area contributed by atoms with E-state index in [0.717, 1.165) is 69.9 Å². The fourth-order valence-corrected chi connectivity index (χ4v) is 4.37. The molecule has 1 aromatic carbocycles. The Balaban J connectivity index is 1.64. The van der Waals surface area contributed by atoms with Crippen molar-refractivity contribution in [1.29, 1.82) is 0 Å². The summed E-state index contributed by atoms with van der Waals surface area (Å²) >= 11 is 0. The van der Waals surface area contributed by atoms with Gasteiger partial charge in [-0.15, -0.1) is 0 Å². The van der Waals surface area contributed by atoms with E-state index in [1.54, 1.807) is 14.2 Å². The van der Waals surface area contributed by atoms with Gasteiger partial charge in [-0.25, -0.2) is 0 Å². The summed E-state index contributed by atoms with van der Waals surface area (Å²) in [5, 5.41) is 3.51. The third kappa shape index (κ3) is 6.26. The molecular weight excluding hydrogens is 392 g/mol. The minimum Gasteiger partial charge on any atom is -0.493 e. The molecule has 1 atom stereocenters. The minimum atomic E-state index is -0.118. The predicted molar refractivity (Wildman–Crippen MR) is 125 cm³/mol. The number of benzene rings is 1. The Labute approximate surface area is 187 Å². The number of hydrogen-bond donors (Lipinski definition) is 1. The lowest BCUT2D eigenvalue weighted by atomic mass is 9.84. The van der Waals surface area contributed by atoms with Crippen LogP contribution in [-0.4, -0.2) is 89.0 Å². The van der Waals surface area contributed by atoms with E-state index in [1.807, 2.05) is 6.07 Å². The fourth-order valence-electron chi connectivity index (χ4n) is 4.37. The highest BCUT2D eigenvalue weighted by Gasteiger charge is 2.28. The van der Waals surface area contributed by atoms with Crippen LogP contribution in [0, 0.1) is 5.92 Å². The smallest absolute Gasteiger partial charge is 0.193 e. The molecule has 2 heterocycles. The molecule has 0 radical (unpaired) electrons. The lowest BCUT2D eigenvalue weighted by Gasteiger charge is -2.29. The van der Waals surface area contributed by atoms with Crippen LogP contribution in [0.4, 0.5) is 0 Å². The van der Waals surface area contributed by atoms with Crippen molar-refractivity contribution < 1.29 is 14.2 Å². The third-order valence-electron chi connectivity index (χ3n) is 6.33. The molecule has 3 rings (SSSR count). The second-order valence-electron chi connectivity index (χ2n) is 9.14. The van der Waals surface area contributed by atoms with Crippen molar-refractivity contribution in [2.24, 2.45) is 10.9 Å². The zero-order valence-corrected chi connectivity index (χ0v) is 19.9. The number of methoxy groups -OCH3 is 2. The first-order chi connectivity index (χ1) is 15.0. The molecular formula is C24H40N4O3. The van der Waals surface area contributed by atoms with E-state index in [4.69, 9.17) is 19.2 Å². The molecule has 1 N–H and O–H groups in total. The standard InChI is InChI=1S/C24H40N4O3/c1-6-25-23(28-10-9-19(17-28)16-27-11-13-31-14-12-27)26-18-24(2,3)20-7-8-21(29-4)22(15-20)30-5/h7-8,15,19H,6,9-14,16-18H2,1-5H3,(H,25,26). The van der Waals surface area contributed by atoms with Crippen LogP contribution in [0.25, 0.3) is 0 Å². The molecule has 0 bridgehead atoms. The Morgan fingerprint density at radius 1 is 1.16 bits per heavy atom. The average Bonchev–Trinajstić information content (AvgIpc) is 3.25. The van der Waals surface area contributed by atoms with Crippen LogP contribution in [0.2, 0.25) is 0 Å². The molecule has 0 spiro atoms. The van der Waals surface area contributed by atoms with Crippen molar-refractivity contribution in [2.45, 2.75) is 32.6 Å². The first-order valence-electron chi connectivity index (χ1n) is 11.5. The summed E-state index contributed by atoms with van der Waals surface area (Å²) in [6, 6.07) is 6.15. The summed E-state index contributed by atoms with van der Waals surface area (Å²) in [6.07, 6.45) is 1.22. The summed E-state index contributed by atoms with van der Waals surface area (Å²) in [5.41, 5.74) is 1.07. The van der Waals surface area contributed by atoms with Crippen LogP contribution >= 0.6 is 0 Å². The average molecular weight is 433 g/mol. The van der Waals surface area contributed by atoms with Gasteiger partial charge in [-0.1, -0.05) is 19.9 Å². The maximum atomic E-state index is 5.50. The van der Waals surface area contributed by atoms with Gasteiger partial charge in [-0.2, -0.15) is 0 Å². The van der Waals surface area contributed by atoms with Crippen molar-refractivity contribution in [1.82, 2.24) is 15.1 Å².